The second-order valence-electron chi connectivity index (χ2n) is 9.31. The van der Waals surface area contributed by atoms with Gasteiger partial charge in [0, 0.05) is 13.1 Å². The van der Waals surface area contributed by atoms with E-state index in [1.54, 1.807) is 41.5 Å². The van der Waals surface area contributed by atoms with Crippen LogP contribution in [-0.4, -0.2) is 70.6 Å². The van der Waals surface area contributed by atoms with Crippen molar-refractivity contribution in [2.75, 3.05) is 13.1 Å². The molecule has 0 heterocycles. The molecule has 0 saturated heterocycles. The molecule has 0 aliphatic heterocycles. The molecular formula is C21H38N4O8. The largest absolute Gasteiger partial charge is 0.479 e. The number of aliphatic imine (C=N–C) groups is 1. The van der Waals surface area contributed by atoms with Crippen molar-refractivity contribution < 1.29 is 38.9 Å². The predicted octanol–water partition coefficient (Wildman–Crippen LogP) is 1.90. The number of carboxylic acids is 1. The molecule has 0 aromatic carbocycles. The van der Waals surface area contributed by atoms with E-state index in [1.807, 2.05) is 0 Å². The number of aliphatic carboxylic acids is 1. The van der Waals surface area contributed by atoms with Gasteiger partial charge >= 0.3 is 18.2 Å². The fourth-order valence-corrected chi connectivity index (χ4v) is 2.25. The fraction of sp³-hybridized carbons (Fsp3) is 0.762. The van der Waals surface area contributed by atoms with Crippen LogP contribution in [0.3, 0.4) is 0 Å². The maximum atomic E-state index is 12.0. The Morgan fingerprint density at radius 2 is 1.33 bits per heavy atom. The van der Waals surface area contributed by atoms with E-state index < -0.39 is 47.8 Å². The first-order valence-electron chi connectivity index (χ1n) is 10.8. The molecule has 0 bridgehead atoms. The summed E-state index contributed by atoms with van der Waals surface area (Å²) in [5.74, 6) is -2.05. The summed E-state index contributed by atoms with van der Waals surface area (Å²) in [6, 6.07) is 0. The topological polar surface area (TPSA) is 176 Å². The highest BCUT2D eigenvalue weighted by atomic mass is 16.6. The average molecular weight is 475 g/mol. The summed E-state index contributed by atoms with van der Waals surface area (Å²) in [5.41, 5.74) is -1.44. The molecule has 0 aromatic rings. The Morgan fingerprint density at radius 3 is 1.79 bits per heavy atom. The third kappa shape index (κ3) is 18.4. The zero-order chi connectivity index (χ0) is 25.7. The molecule has 0 fully saturated rings. The highest BCUT2D eigenvalue weighted by Crippen LogP contribution is 2.08. The monoisotopic (exact) mass is 474 g/mol. The minimum Gasteiger partial charge on any atom is -0.479 e. The first-order chi connectivity index (χ1) is 15.1. The summed E-state index contributed by atoms with van der Waals surface area (Å²) in [7, 11) is 0. The van der Waals surface area contributed by atoms with Crippen LogP contribution in [0, 0.1) is 0 Å². The van der Waals surface area contributed by atoms with Gasteiger partial charge in [0.15, 0.2) is 6.10 Å². The molecule has 12 nitrogen and oxygen atoms in total. The van der Waals surface area contributed by atoms with Crippen LogP contribution in [0.5, 0.6) is 0 Å². The van der Waals surface area contributed by atoms with Crippen molar-refractivity contribution >= 4 is 30.0 Å². The number of rotatable bonds is 10. The SMILES string of the molecule is CC(C)(C)OC(=O)NC(=NCCCCCCNC(=O)CC(O)C(=O)O)NC(=O)OC(C)(C)C. The van der Waals surface area contributed by atoms with E-state index >= 15 is 0 Å². The van der Waals surface area contributed by atoms with Gasteiger partial charge in [-0.3, -0.25) is 20.4 Å². The van der Waals surface area contributed by atoms with Crippen LogP contribution in [0.15, 0.2) is 4.99 Å². The number of aliphatic hydroxyl groups excluding tert-OH is 1. The van der Waals surface area contributed by atoms with Crippen molar-refractivity contribution in [3.8, 4) is 0 Å². The Bertz CT molecular complexity index is 663. The number of ether oxygens (including phenoxy) is 2. The van der Waals surface area contributed by atoms with Gasteiger partial charge in [0.1, 0.15) is 11.2 Å². The minimum absolute atomic E-state index is 0.0808. The number of nitrogens with zero attached hydrogens (tertiary/aromatic N) is 1. The van der Waals surface area contributed by atoms with Gasteiger partial charge in [-0.1, -0.05) is 12.8 Å². The van der Waals surface area contributed by atoms with Gasteiger partial charge in [0.25, 0.3) is 0 Å². The Hall–Kier alpha value is -2.89. The highest BCUT2D eigenvalue weighted by molar-refractivity contribution is 6.01. The number of carbonyl (C=O) groups excluding carboxylic acids is 3. The Balaban J connectivity index is 4.46. The number of amides is 3. The van der Waals surface area contributed by atoms with E-state index in [0.717, 1.165) is 12.8 Å². The minimum atomic E-state index is -1.71. The van der Waals surface area contributed by atoms with E-state index in [9.17, 15) is 19.2 Å². The summed E-state index contributed by atoms with van der Waals surface area (Å²) in [5, 5.41) is 25.0. The lowest BCUT2D eigenvalue weighted by molar-refractivity contribution is -0.149. The molecule has 3 amide bonds. The molecule has 0 radical (unpaired) electrons. The zero-order valence-electron chi connectivity index (χ0n) is 20.3. The van der Waals surface area contributed by atoms with E-state index in [0.29, 0.717) is 25.9 Å². The quantitative estimate of drug-likeness (QED) is 0.181. The van der Waals surface area contributed by atoms with Gasteiger partial charge in [0.05, 0.1) is 6.42 Å². The molecule has 0 aromatic heterocycles. The number of unbranched alkanes of at least 4 members (excludes halogenated alkanes) is 3. The van der Waals surface area contributed by atoms with Crippen molar-refractivity contribution in [3.05, 3.63) is 0 Å². The number of alkyl carbamates (subject to hydrolysis) is 2. The van der Waals surface area contributed by atoms with Crippen molar-refractivity contribution in [2.24, 2.45) is 4.99 Å². The van der Waals surface area contributed by atoms with Crippen molar-refractivity contribution in [1.82, 2.24) is 16.0 Å². The molecule has 0 saturated carbocycles. The van der Waals surface area contributed by atoms with Crippen LogP contribution >= 0.6 is 0 Å². The summed E-state index contributed by atoms with van der Waals surface area (Å²) in [6.07, 6.45) is -0.863. The molecule has 1 atom stereocenters. The number of carboxylic acid groups (broad SMARTS) is 1. The van der Waals surface area contributed by atoms with Gasteiger partial charge < -0.3 is 25.0 Å². The van der Waals surface area contributed by atoms with Gasteiger partial charge in [0.2, 0.25) is 11.9 Å². The molecule has 5 N–H and O–H groups in total. The predicted molar refractivity (Wildman–Crippen MR) is 121 cm³/mol. The van der Waals surface area contributed by atoms with E-state index in [1.165, 1.54) is 0 Å². The van der Waals surface area contributed by atoms with Gasteiger partial charge in [-0.15, -0.1) is 0 Å². The molecular weight excluding hydrogens is 436 g/mol. The average Bonchev–Trinajstić information content (AvgIpc) is 2.60. The number of nitrogens with one attached hydrogen (secondary N) is 3. The zero-order valence-corrected chi connectivity index (χ0v) is 20.3. The summed E-state index contributed by atoms with van der Waals surface area (Å²) in [6.45, 7) is 10.9. The first kappa shape index (κ1) is 30.1. The van der Waals surface area contributed by atoms with Crippen LogP contribution in [0.25, 0.3) is 0 Å². The molecule has 0 aliphatic rings. The highest BCUT2D eigenvalue weighted by Gasteiger charge is 2.21. The molecule has 0 rings (SSSR count). The van der Waals surface area contributed by atoms with Crippen LogP contribution in [0.4, 0.5) is 9.59 Å². The molecule has 0 spiro atoms. The fourth-order valence-electron chi connectivity index (χ4n) is 2.25. The lowest BCUT2D eigenvalue weighted by atomic mass is 10.2. The summed E-state index contributed by atoms with van der Waals surface area (Å²) in [4.78, 5) is 50.2. The third-order valence-corrected chi connectivity index (χ3v) is 3.58. The van der Waals surface area contributed by atoms with Crippen LogP contribution < -0.4 is 16.0 Å². The van der Waals surface area contributed by atoms with Crippen molar-refractivity contribution in [1.29, 1.82) is 0 Å². The normalized spacial score (nSPS) is 12.2. The number of aliphatic hydroxyl groups is 1. The second-order valence-corrected chi connectivity index (χ2v) is 9.31. The maximum absolute atomic E-state index is 12.0. The Labute approximate surface area is 194 Å². The molecule has 12 heteroatoms. The van der Waals surface area contributed by atoms with Crippen LogP contribution in [0.1, 0.15) is 73.6 Å². The first-order valence-corrected chi connectivity index (χ1v) is 10.8. The lowest BCUT2D eigenvalue weighted by Gasteiger charge is -2.22. The second kappa shape index (κ2) is 14.3. The van der Waals surface area contributed by atoms with Crippen LogP contribution in [-0.2, 0) is 19.1 Å². The van der Waals surface area contributed by atoms with Crippen molar-refractivity contribution in [3.63, 3.8) is 0 Å². The summed E-state index contributed by atoms with van der Waals surface area (Å²) >= 11 is 0. The Kier molecular flexibility index (Phi) is 13.0. The molecule has 190 valence electrons. The Morgan fingerprint density at radius 1 is 0.848 bits per heavy atom. The van der Waals surface area contributed by atoms with E-state index in [2.05, 4.69) is 20.9 Å². The van der Waals surface area contributed by atoms with E-state index in [4.69, 9.17) is 19.7 Å². The standard InChI is InChI=1S/C21H38N4O8/c1-20(2,3)32-18(30)24-17(25-19(31)33-21(4,5)6)23-12-10-8-7-9-11-22-15(27)13-14(26)16(28)29/h14,26H,7-13H2,1-6H3,(H,22,27)(H,28,29)(H2,23,24,25,30,31). The number of hydrogen-bond donors (Lipinski definition) is 5. The third-order valence-electron chi connectivity index (χ3n) is 3.58. The molecule has 0 aliphatic carbocycles. The smallest absolute Gasteiger partial charge is 0.414 e. The maximum Gasteiger partial charge on any atom is 0.414 e. The van der Waals surface area contributed by atoms with Gasteiger partial charge in [-0.25, -0.2) is 14.4 Å². The number of carbonyl (C=O) groups is 4. The lowest BCUT2D eigenvalue weighted by Crippen LogP contribution is -2.47. The van der Waals surface area contributed by atoms with Gasteiger partial charge in [-0.2, -0.15) is 0 Å². The number of hydrogen-bond acceptors (Lipinski definition) is 8. The van der Waals surface area contributed by atoms with Crippen molar-refractivity contribution in [2.45, 2.75) is 91.0 Å². The molecule has 33 heavy (non-hydrogen) atoms. The van der Waals surface area contributed by atoms with E-state index in [-0.39, 0.29) is 5.96 Å². The number of guanidine groups is 1. The van der Waals surface area contributed by atoms with Crippen LogP contribution in [0.2, 0.25) is 0 Å². The summed E-state index contributed by atoms with van der Waals surface area (Å²) < 4.78 is 10.3. The van der Waals surface area contributed by atoms with Gasteiger partial charge in [-0.05, 0) is 54.4 Å². The molecule has 1 unspecified atom stereocenters.